The van der Waals surface area contributed by atoms with E-state index in [1.54, 1.807) is 18.4 Å². The Labute approximate surface area is 179 Å². The Morgan fingerprint density at radius 1 is 1.23 bits per heavy atom. The molecule has 3 rings (SSSR count). The van der Waals surface area contributed by atoms with Crippen molar-refractivity contribution in [2.45, 2.75) is 26.9 Å². The van der Waals surface area contributed by atoms with E-state index in [-0.39, 0.29) is 24.0 Å². The predicted octanol–water partition coefficient (Wildman–Crippen LogP) is 3.67. The van der Waals surface area contributed by atoms with Crippen LogP contribution in [-0.2, 0) is 13.1 Å². The van der Waals surface area contributed by atoms with Crippen LogP contribution in [0.15, 0.2) is 17.1 Å². The number of hydrogen-bond donors (Lipinski definition) is 2. The number of benzene rings is 1. The van der Waals surface area contributed by atoms with Crippen LogP contribution in [0, 0.1) is 13.8 Å². The minimum Gasteiger partial charge on any atom is -0.486 e. The van der Waals surface area contributed by atoms with Gasteiger partial charge < -0.3 is 20.1 Å². The maximum atomic E-state index is 6.27. The van der Waals surface area contributed by atoms with E-state index in [4.69, 9.17) is 21.1 Å². The highest BCUT2D eigenvalue weighted by Crippen LogP contribution is 2.38. The van der Waals surface area contributed by atoms with Crippen molar-refractivity contribution in [1.29, 1.82) is 0 Å². The van der Waals surface area contributed by atoms with Crippen LogP contribution < -0.4 is 20.1 Å². The summed E-state index contributed by atoms with van der Waals surface area (Å²) < 4.78 is 11.1. The Kier molecular flexibility index (Phi) is 7.78. The van der Waals surface area contributed by atoms with Gasteiger partial charge in [0, 0.05) is 18.5 Å². The van der Waals surface area contributed by atoms with E-state index in [1.165, 1.54) is 4.88 Å². The minimum absolute atomic E-state index is 0. The molecule has 0 spiro atoms. The highest BCUT2D eigenvalue weighted by molar-refractivity contribution is 14.0. The Morgan fingerprint density at radius 3 is 2.65 bits per heavy atom. The number of aryl methyl sites for hydroxylation is 2. The lowest BCUT2D eigenvalue weighted by molar-refractivity contribution is 0.171. The van der Waals surface area contributed by atoms with Crippen LogP contribution >= 0.6 is 46.9 Å². The third-order valence-electron chi connectivity index (χ3n) is 3.82. The monoisotopic (exact) mass is 508 g/mol. The molecule has 0 radical (unpaired) electrons. The summed E-state index contributed by atoms with van der Waals surface area (Å²) in [6.07, 6.45) is 0. The van der Waals surface area contributed by atoms with E-state index in [1.807, 2.05) is 19.1 Å². The Hall–Kier alpha value is -1.26. The van der Waals surface area contributed by atoms with Crippen molar-refractivity contribution >= 4 is 52.9 Å². The fourth-order valence-electron chi connectivity index (χ4n) is 2.45. The number of nitrogens with zero attached hydrogens (tertiary/aromatic N) is 2. The fraction of sp³-hybridized carbons (Fsp3) is 0.412. The number of aromatic nitrogens is 1. The van der Waals surface area contributed by atoms with Crippen molar-refractivity contribution in [2.24, 2.45) is 4.99 Å². The third kappa shape index (κ3) is 5.14. The molecular formula is C17H22ClIN4O2S. The summed E-state index contributed by atoms with van der Waals surface area (Å²) in [5.41, 5.74) is 2.08. The number of guanidine groups is 1. The van der Waals surface area contributed by atoms with Crippen LogP contribution in [0.5, 0.6) is 11.5 Å². The molecule has 0 saturated heterocycles. The molecule has 0 amide bonds. The predicted molar refractivity (Wildman–Crippen MR) is 116 cm³/mol. The summed E-state index contributed by atoms with van der Waals surface area (Å²) in [4.78, 5) is 10.0. The number of rotatable bonds is 4. The summed E-state index contributed by atoms with van der Waals surface area (Å²) in [6, 6.07) is 3.82. The molecule has 0 saturated carbocycles. The molecule has 1 aliphatic heterocycles. The topological polar surface area (TPSA) is 67.8 Å². The maximum Gasteiger partial charge on any atom is 0.191 e. The van der Waals surface area contributed by atoms with E-state index < -0.39 is 0 Å². The molecule has 0 bridgehead atoms. The zero-order chi connectivity index (χ0) is 17.8. The van der Waals surface area contributed by atoms with Crippen molar-refractivity contribution in [2.75, 3.05) is 20.3 Å². The fourth-order valence-corrected chi connectivity index (χ4v) is 3.61. The van der Waals surface area contributed by atoms with Crippen LogP contribution in [0.4, 0.5) is 0 Å². The van der Waals surface area contributed by atoms with Crippen molar-refractivity contribution in [3.8, 4) is 11.5 Å². The van der Waals surface area contributed by atoms with Gasteiger partial charge in [0.25, 0.3) is 0 Å². The van der Waals surface area contributed by atoms with E-state index in [0.29, 0.717) is 48.8 Å². The molecule has 2 heterocycles. The van der Waals surface area contributed by atoms with Gasteiger partial charge >= 0.3 is 0 Å². The van der Waals surface area contributed by atoms with Gasteiger partial charge in [-0.15, -0.1) is 35.3 Å². The number of hydrogen-bond acceptors (Lipinski definition) is 5. The summed E-state index contributed by atoms with van der Waals surface area (Å²) in [7, 11) is 1.74. The average Bonchev–Trinajstić information content (AvgIpc) is 2.93. The number of ether oxygens (including phenoxy) is 2. The molecule has 1 aliphatic rings. The zero-order valence-electron chi connectivity index (χ0n) is 14.9. The molecule has 2 aromatic rings. The Morgan fingerprint density at radius 2 is 1.96 bits per heavy atom. The van der Waals surface area contributed by atoms with E-state index in [9.17, 15) is 0 Å². The van der Waals surface area contributed by atoms with Gasteiger partial charge in [-0.2, -0.15) is 0 Å². The molecule has 0 atom stereocenters. The Balaban J connectivity index is 0.00000243. The minimum atomic E-state index is 0. The first-order chi connectivity index (χ1) is 12.1. The number of aliphatic imine (C=N–C) groups is 1. The smallest absolute Gasteiger partial charge is 0.191 e. The second-order valence-electron chi connectivity index (χ2n) is 5.63. The number of nitrogens with one attached hydrogen (secondary N) is 2. The first kappa shape index (κ1) is 21.0. The van der Waals surface area contributed by atoms with E-state index in [2.05, 4.69) is 27.5 Å². The summed E-state index contributed by atoms with van der Waals surface area (Å²) in [5.74, 6) is 2.01. The lowest BCUT2D eigenvalue weighted by atomic mass is 10.2. The van der Waals surface area contributed by atoms with Crippen molar-refractivity contribution < 1.29 is 9.47 Å². The van der Waals surface area contributed by atoms with Crippen LogP contribution in [0.2, 0.25) is 5.02 Å². The lowest BCUT2D eigenvalue weighted by Gasteiger charge is -2.20. The normalized spacial score (nSPS) is 13.2. The number of fused-ring (bicyclic) bond motifs is 1. The quantitative estimate of drug-likeness (QED) is 0.375. The van der Waals surface area contributed by atoms with E-state index >= 15 is 0 Å². The van der Waals surface area contributed by atoms with Crippen LogP contribution in [0.1, 0.15) is 21.1 Å². The van der Waals surface area contributed by atoms with Crippen LogP contribution in [-0.4, -0.2) is 31.2 Å². The SMILES string of the molecule is CN=C(NCc1cc(Cl)c2c(c1)OCCO2)NCc1nc(C)c(C)s1.I. The van der Waals surface area contributed by atoms with Gasteiger partial charge in [0.05, 0.1) is 17.3 Å². The molecule has 6 nitrogen and oxygen atoms in total. The van der Waals surface area contributed by atoms with Crippen LogP contribution in [0.3, 0.4) is 0 Å². The number of thiazole rings is 1. The highest BCUT2D eigenvalue weighted by Gasteiger charge is 2.16. The second kappa shape index (κ2) is 9.61. The average molecular weight is 509 g/mol. The molecule has 9 heteroatoms. The van der Waals surface area contributed by atoms with Gasteiger partial charge in [0.15, 0.2) is 17.5 Å². The summed E-state index contributed by atoms with van der Waals surface area (Å²) in [6.45, 7) is 6.38. The standard InChI is InChI=1S/C17H21ClN4O2S.HI/c1-10-11(2)25-15(22-10)9-21-17(19-3)20-8-12-6-13(18)16-14(7-12)23-4-5-24-16;/h6-7H,4-5,8-9H2,1-3H3,(H2,19,20,21);1H. The van der Waals surface area contributed by atoms with Crippen molar-refractivity contribution in [3.63, 3.8) is 0 Å². The van der Waals surface area contributed by atoms with Gasteiger partial charge in [-0.25, -0.2) is 4.98 Å². The van der Waals surface area contributed by atoms with Gasteiger partial charge in [0.1, 0.15) is 18.2 Å². The molecule has 0 unspecified atom stereocenters. The summed E-state index contributed by atoms with van der Waals surface area (Å²) >= 11 is 7.96. The van der Waals surface area contributed by atoms with Crippen LogP contribution in [0.25, 0.3) is 0 Å². The highest BCUT2D eigenvalue weighted by atomic mass is 127. The van der Waals surface area contributed by atoms with Gasteiger partial charge in [-0.05, 0) is 31.5 Å². The molecule has 1 aromatic heterocycles. The third-order valence-corrected chi connectivity index (χ3v) is 5.17. The maximum absolute atomic E-state index is 6.27. The molecule has 0 aliphatic carbocycles. The molecule has 142 valence electrons. The number of halogens is 2. The largest absolute Gasteiger partial charge is 0.486 e. The van der Waals surface area contributed by atoms with Crippen molar-refractivity contribution in [1.82, 2.24) is 15.6 Å². The summed E-state index contributed by atoms with van der Waals surface area (Å²) in [5, 5.41) is 8.15. The van der Waals surface area contributed by atoms with E-state index in [0.717, 1.165) is 16.3 Å². The molecule has 1 aromatic carbocycles. The van der Waals surface area contributed by atoms with Gasteiger partial charge in [0.2, 0.25) is 0 Å². The second-order valence-corrected chi connectivity index (χ2v) is 7.33. The first-order valence-electron chi connectivity index (χ1n) is 8.02. The lowest BCUT2D eigenvalue weighted by Crippen LogP contribution is -2.36. The molecule has 26 heavy (non-hydrogen) atoms. The molecule has 0 fully saturated rings. The van der Waals surface area contributed by atoms with Crippen molar-refractivity contribution in [3.05, 3.63) is 38.3 Å². The molecular weight excluding hydrogens is 487 g/mol. The Bertz CT molecular complexity index is 778. The van der Waals surface area contributed by atoms with Gasteiger partial charge in [-0.1, -0.05) is 11.6 Å². The first-order valence-corrected chi connectivity index (χ1v) is 9.21. The molecule has 2 N–H and O–H groups in total. The van der Waals surface area contributed by atoms with Gasteiger partial charge in [-0.3, -0.25) is 4.99 Å². The zero-order valence-corrected chi connectivity index (χ0v) is 18.8.